The smallest absolute Gasteiger partial charge is 0.262 e. The maximum absolute atomic E-state index is 8.74. The fraction of sp³-hybridized carbons (Fsp3) is 0. The number of rotatable bonds is 2. The van der Waals surface area contributed by atoms with Gasteiger partial charge in [0, 0.05) is 0 Å². The highest BCUT2D eigenvalue weighted by Gasteiger charge is 2.08. The molecule has 0 amide bonds. The molecule has 1 aromatic heterocycles. The first-order valence-corrected chi connectivity index (χ1v) is 5.18. The van der Waals surface area contributed by atoms with E-state index in [-0.39, 0.29) is 16.3 Å². The summed E-state index contributed by atoms with van der Waals surface area (Å²) in [5.41, 5.74) is 0.465. The Labute approximate surface area is 107 Å². The minimum Gasteiger partial charge on any atom is -0.436 e. The van der Waals surface area contributed by atoms with Crippen LogP contribution in [0.2, 0.25) is 10.4 Å². The van der Waals surface area contributed by atoms with Gasteiger partial charge >= 0.3 is 0 Å². The van der Waals surface area contributed by atoms with Crippen molar-refractivity contribution >= 4 is 23.2 Å². The van der Waals surface area contributed by atoms with Gasteiger partial charge in [-0.1, -0.05) is 17.7 Å². The average molecular weight is 267 g/mol. The summed E-state index contributed by atoms with van der Waals surface area (Å²) in [5.74, 6) is 0.462. The summed E-state index contributed by atoms with van der Waals surface area (Å²) in [6.45, 7) is 0. The number of nitrogens with zero attached hydrogens (tertiary/aromatic N) is 4. The van der Waals surface area contributed by atoms with Gasteiger partial charge in [-0.05, 0) is 29.8 Å². The third-order valence-electron chi connectivity index (χ3n) is 1.77. The average Bonchev–Trinajstić information content (AvgIpc) is 2.34. The third kappa shape index (κ3) is 2.81. The first kappa shape index (κ1) is 11.6. The van der Waals surface area contributed by atoms with Crippen LogP contribution in [0.1, 0.15) is 5.56 Å². The van der Waals surface area contributed by atoms with Gasteiger partial charge in [-0.15, -0.1) is 10.2 Å². The Hall–Kier alpha value is -1.90. The van der Waals surface area contributed by atoms with Crippen molar-refractivity contribution in [1.82, 2.24) is 15.2 Å². The van der Waals surface area contributed by atoms with E-state index in [4.69, 9.17) is 33.2 Å². The van der Waals surface area contributed by atoms with Gasteiger partial charge in [0.05, 0.1) is 11.6 Å². The lowest BCUT2D eigenvalue weighted by atomic mass is 10.2. The predicted octanol–water partition coefficient (Wildman–Crippen LogP) is 2.84. The Bertz CT molecular complexity index is 597. The Kier molecular flexibility index (Phi) is 3.38. The SMILES string of the molecule is N#Cc1cccc(Oc2nc(Cl)nnc2Cl)c1. The number of nitriles is 1. The molecule has 7 heteroatoms. The van der Waals surface area contributed by atoms with E-state index in [0.29, 0.717) is 11.3 Å². The fourth-order valence-corrected chi connectivity index (χ4v) is 1.32. The first-order chi connectivity index (χ1) is 8.19. The summed E-state index contributed by atoms with van der Waals surface area (Å²) < 4.78 is 5.35. The summed E-state index contributed by atoms with van der Waals surface area (Å²) in [4.78, 5) is 3.78. The first-order valence-electron chi connectivity index (χ1n) is 4.43. The summed E-state index contributed by atoms with van der Waals surface area (Å²) in [6.07, 6.45) is 0. The summed E-state index contributed by atoms with van der Waals surface area (Å²) in [7, 11) is 0. The molecule has 0 radical (unpaired) electrons. The van der Waals surface area contributed by atoms with Crippen molar-refractivity contribution in [2.75, 3.05) is 0 Å². The molecule has 1 aromatic carbocycles. The number of aromatic nitrogens is 3. The van der Waals surface area contributed by atoms with Gasteiger partial charge in [0.15, 0.2) is 0 Å². The predicted molar refractivity (Wildman–Crippen MR) is 61.1 cm³/mol. The van der Waals surface area contributed by atoms with Crippen molar-refractivity contribution in [1.29, 1.82) is 5.26 Å². The third-order valence-corrected chi connectivity index (χ3v) is 2.17. The molecule has 0 N–H and O–H groups in total. The maximum Gasteiger partial charge on any atom is 0.262 e. The quantitative estimate of drug-likeness (QED) is 0.836. The molecule has 0 fully saturated rings. The van der Waals surface area contributed by atoms with Crippen LogP contribution in [0, 0.1) is 11.3 Å². The molecular weight excluding hydrogens is 263 g/mol. The molecule has 0 saturated carbocycles. The van der Waals surface area contributed by atoms with Crippen LogP contribution < -0.4 is 4.74 Å². The second-order valence-electron chi connectivity index (χ2n) is 2.92. The number of halogens is 2. The van der Waals surface area contributed by atoms with Gasteiger partial charge in [-0.3, -0.25) is 0 Å². The molecule has 0 aliphatic heterocycles. The lowest BCUT2D eigenvalue weighted by molar-refractivity contribution is 0.457. The van der Waals surface area contributed by atoms with Crippen molar-refractivity contribution in [3.63, 3.8) is 0 Å². The maximum atomic E-state index is 8.74. The van der Waals surface area contributed by atoms with Crippen molar-refractivity contribution in [2.45, 2.75) is 0 Å². The second kappa shape index (κ2) is 4.95. The van der Waals surface area contributed by atoms with Crippen LogP contribution in [0.4, 0.5) is 0 Å². The van der Waals surface area contributed by atoms with Crippen LogP contribution in [0.5, 0.6) is 11.6 Å². The highest BCUT2D eigenvalue weighted by molar-refractivity contribution is 6.31. The molecule has 2 aromatic rings. The number of hydrogen-bond acceptors (Lipinski definition) is 5. The van der Waals surface area contributed by atoms with Crippen LogP contribution in [0.15, 0.2) is 24.3 Å². The van der Waals surface area contributed by atoms with Crippen molar-refractivity contribution in [3.8, 4) is 17.7 Å². The molecule has 0 aliphatic rings. The zero-order chi connectivity index (χ0) is 12.3. The van der Waals surface area contributed by atoms with E-state index in [1.807, 2.05) is 6.07 Å². The highest BCUT2D eigenvalue weighted by Crippen LogP contribution is 2.26. The molecule has 84 valence electrons. The van der Waals surface area contributed by atoms with E-state index in [2.05, 4.69) is 15.2 Å². The van der Waals surface area contributed by atoms with Crippen molar-refractivity contribution in [3.05, 3.63) is 40.3 Å². The lowest BCUT2D eigenvalue weighted by Gasteiger charge is -2.05. The van der Waals surface area contributed by atoms with Crippen LogP contribution >= 0.6 is 23.2 Å². The van der Waals surface area contributed by atoms with E-state index in [9.17, 15) is 0 Å². The second-order valence-corrected chi connectivity index (χ2v) is 3.61. The zero-order valence-electron chi connectivity index (χ0n) is 8.26. The molecule has 0 saturated heterocycles. The minimum atomic E-state index is -0.0687. The molecule has 0 unspecified atom stereocenters. The zero-order valence-corrected chi connectivity index (χ0v) is 9.77. The van der Waals surface area contributed by atoms with E-state index < -0.39 is 0 Å². The van der Waals surface area contributed by atoms with Crippen LogP contribution in [0.3, 0.4) is 0 Å². The van der Waals surface area contributed by atoms with E-state index in [0.717, 1.165) is 0 Å². The molecular formula is C10H4Cl2N4O. The molecule has 0 spiro atoms. The molecule has 1 heterocycles. The number of hydrogen-bond donors (Lipinski definition) is 0. The summed E-state index contributed by atoms with van der Waals surface area (Å²) >= 11 is 11.3. The monoisotopic (exact) mass is 266 g/mol. The normalized spacial score (nSPS) is 9.71. The van der Waals surface area contributed by atoms with Crippen LogP contribution in [-0.4, -0.2) is 15.2 Å². The molecule has 17 heavy (non-hydrogen) atoms. The Balaban J connectivity index is 2.31. The Morgan fingerprint density at radius 2 is 2.06 bits per heavy atom. The van der Waals surface area contributed by atoms with Crippen LogP contribution in [-0.2, 0) is 0 Å². The topological polar surface area (TPSA) is 71.7 Å². The molecule has 5 nitrogen and oxygen atoms in total. The van der Waals surface area contributed by atoms with Crippen molar-refractivity contribution < 1.29 is 4.74 Å². The van der Waals surface area contributed by atoms with E-state index in [1.54, 1.807) is 24.3 Å². The Morgan fingerprint density at radius 1 is 1.24 bits per heavy atom. The van der Waals surface area contributed by atoms with Gasteiger partial charge in [0.2, 0.25) is 10.4 Å². The number of benzene rings is 1. The molecule has 2 rings (SSSR count). The standard InChI is InChI=1S/C10H4Cl2N4O/c11-8-9(14-10(12)16-15-8)17-7-3-1-2-6(4-7)5-13/h1-4H. The van der Waals surface area contributed by atoms with E-state index >= 15 is 0 Å². The molecule has 0 bridgehead atoms. The summed E-state index contributed by atoms with van der Waals surface area (Å²) in [6, 6.07) is 8.53. The van der Waals surface area contributed by atoms with Gasteiger partial charge in [0.1, 0.15) is 5.75 Å². The largest absolute Gasteiger partial charge is 0.436 e. The molecule has 0 atom stereocenters. The fourth-order valence-electron chi connectivity index (χ4n) is 1.09. The van der Waals surface area contributed by atoms with Gasteiger partial charge in [0.25, 0.3) is 5.88 Å². The van der Waals surface area contributed by atoms with Gasteiger partial charge < -0.3 is 4.74 Å². The van der Waals surface area contributed by atoms with Crippen LogP contribution in [0.25, 0.3) is 0 Å². The lowest BCUT2D eigenvalue weighted by Crippen LogP contribution is -1.94. The van der Waals surface area contributed by atoms with Gasteiger partial charge in [-0.25, -0.2) is 0 Å². The van der Waals surface area contributed by atoms with Gasteiger partial charge in [-0.2, -0.15) is 10.2 Å². The minimum absolute atomic E-state index is 0.00300. The summed E-state index contributed by atoms with van der Waals surface area (Å²) in [5, 5.41) is 15.7. The van der Waals surface area contributed by atoms with E-state index in [1.165, 1.54) is 0 Å². The molecule has 0 aliphatic carbocycles. The Morgan fingerprint density at radius 3 is 2.82 bits per heavy atom. The highest BCUT2D eigenvalue weighted by atomic mass is 35.5. The number of ether oxygens (including phenoxy) is 1. The van der Waals surface area contributed by atoms with Crippen molar-refractivity contribution in [2.24, 2.45) is 0 Å².